The van der Waals surface area contributed by atoms with Crippen LogP contribution in [-0.2, 0) is 6.42 Å². The lowest BCUT2D eigenvalue weighted by molar-refractivity contribution is 0.238. The molecule has 1 aliphatic rings. The molecule has 1 saturated heterocycles. The fourth-order valence-corrected chi connectivity index (χ4v) is 3.34. The van der Waals surface area contributed by atoms with Gasteiger partial charge < -0.3 is 10.6 Å². The minimum Gasteiger partial charge on any atom is -0.371 e. The van der Waals surface area contributed by atoms with E-state index in [0.717, 1.165) is 24.0 Å². The Morgan fingerprint density at radius 2 is 2.00 bits per heavy atom. The smallest absolute Gasteiger partial charge is 0.0410 e. The predicted molar refractivity (Wildman–Crippen MR) is 91.3 cm³/mol. The lowest BCUT2D eigenvalue weighted by Crippen LogP contribution is -2.39. The summed E-state index contributed by atoms with van der Waals surface area (Å²) in [5.41, 5.74) is 9.28. The van der Waals surface area contributed by atoms with E-state index >= 15 is 0 Å². The van der Waals surface area contributed by atoms with E-state index in [1.807, 2.05) is 0 Å². The van der Waals surface area contributed by atoms with Crippen molar-refractivity contribution in [1.29, 1.82) is 0 Å². The molecule has 0 aromatic heterocycles. The third kappa shape index (κ3) is 3.76. The molecular formula is C17H27BrN2. The molecule has 0 saturated carbocycles. The van der Waals surface area contributed by atoms with E-state index in [2.05, 4.69) is 59.8 Å². The largest absolute Gasteiger partial charge is 0.371 e. The first-order valence-electron chi connectivity index (χ1n) is 7.72. The molecule has 0 spiro atoms. The summed E-state index contributed by atoms with van der Waals surface area (Å²) in [6, 6.07) is 6.81. The standard InChI is InChI=1S/C17H27BrN2/c1-4-17(3)7-9-20(10-8-17)16-12-15(18)6-5-14(16)11-13(2)19/h5-6,12-13H,4,7-11,19H2,1-3H3. The lowest BCUT2D eigenvalue weighted by atomic mass is 9.78. The molecule has 1 aromatic rings. The zero-order valence-electron chi connectivity index (χ0n) is 13.0. The number of nitrogens with zero attached hydrogens (tertiary/aromatic N) is 1. The maximum Gasteiger partial charge on any atom is 0.0410 e. The molecule has 20 heavy (non-hydrogen) atoms. The van der Waals surface area contributed by atoms with Gasteiger partial charge in [-0.05, 0) is 49.3 Å². The number of anilines is 1. The van der Waals surface area contributed by atoms with Gasteiger partial charge in [-0.1, -0.05) is 42.3 Å². The van der Waals surface area contributed by atoms with Gasteiger partial charge in [-0.25, -0.2) is 0 Å². The van der Waals surface area contributed by atoms with Crippen molar-refractivity contribution in [3.05, 3.63) is 28.2 Å². The maximum absolute atomic E-state index is 6.00. The first-order chi connectivity index (χ1) is 9.43. The summed E-state index contributed by atoms with van der Waals surface area (Å²) in [5.74, 6) is 0. The molecular weight excluding hydrogens is 312 g/mol. The molecule has 0 amide bonds. The zero-order chi connectivity index (χ0) is 14.8. The highest BCUT2D eigenvalue weighted by Crippen LogP contribution is 2.37. The number of hydrogen-bond donors (Lipinski definition) is 1. The number of nitrogens with two attached hydrogens (primary N) is 1. The Morgan fingerprint density at radius 1 is 1.35 bits per heavy atom. The average Bonchev–Trinajstić information content (AvgIpc) is 2.41. The molecule has 1 unspecified atom stereocenters. The Labute approximate surface area is 131 Å². The lowest BCUT2D eigenvalue weighted by Gasteiger charge is -2.41. The number of piperidine rings is 1. The molecule has 1 heterocycles. The van der Waals surface area contributed by atoms with Crippen molar-refractivity contribution in [3.8, 4) is 0 Å². The highest BCUT2D eigenvalue weighted by Gasteiger charge is 2.29. The van der Waals surface area contributed by atoms with Gasteiger partial charge in [-0.15, -0.1) is 0 Å². The van der Waals surface area contributed by atoms with Crippen LogP contribution in [0.5, 0.6) is 0 Å². The zero-order valence-corrected chi connectivity index (χ0v) is 14.5. The van der Waals surface area contributed by atoms with Crippen molar-refractivity contribution in [2.24, 2.45) is 11.1 Å². The predicted octanol–water partition coefficient (Wildman–Crippen LogP) is 4.36. The number of hydrogen-bond acceptors (Lipinski definition) is 2. The second-order valence-electron chi connectivity index (χ2n) is 6.61. The monoisotopic (exact) mass is 338 g/mol. The third-order valence-corrected chi connectivity index (χ3v) is 5.25. The van der Waals surface area contributed by atoms with E-state index < -0.39 is 0 Å². The van der Waals surface area contributed by atoms with Crippen LogP contribution in [0, 0.1) is 5.41 Å². The molecule has 0 bridgehead atoms. The molecule has 2 N–H and O–H groups in total. The van der Waals surface area contributed by atoms with E-state index in [-0.39, 0.29) is 6.04 Å². The Hall–Kier alpha value is -0.540. The van der Waals surface area contributed by atoms with Crippen LogP contribution in [0.15, 0.2) is 22.7 Å². The SMILES string of the molecule is CCC1(C)CCN(c2cc(Br)ccc2CC(C)N)CC1. The fourth-order valence-electron chi connectivity index (χ4n) is 2.99. The Bertz CT molecular complexity index is 448. The van der Waals surface area contributed by atoms with E-state index in [1.165, 1.54) is 30.5 Å². The van der Waals surface area contributed by atoms with Crippen LogP contribution in [0.2, 0.25) is 0 Å². The van der Waals surface area contributed by atoms with Crippen LogP contribution in [0.3, 0.4) is 0 Å². The Morgan fingerprint density at radius 3 is 2.55 bits per heavy atom. The number of halogens is 1. The van der Waals surface area contributed by atoms with E-state index in [1.54, 1.807) is 0 Å². The molecule has 0 aliphatic carbocycles. The van der Waals surface area contributed by atoms with Crippen molar-refractivity contribution >= 4 is 21.6 Å². The molecule has 1 aromatic carbocycles. The minimum absolute atomic E-state index is 0.209. The highest BCUT2D eigenvalue weighted by atomic mass is 79.9. The topological polar surface area (TPSA) is 29.3 Å². The van der Waals surface area contributed by atoms with E-state index in [0.29, 0.717) is 5.41 Å². The molecule has 1 aliphatic heterocycles. The van der Waals surface area contributed by atoms with Crippen molar-refractivity contribution in [2.45, 2.75) is 52.5 Å². The second-order valence-corrected chi connectivity index (χ2v) is 7.52. The minimum atomic E-state index is 0.209. The first-order valence-corrected chi connectivity index (χ1v) is 8.52. The third-order valence-electron chi connectivity index (χ3n) is 4.75. The van der Waals surface area contributed by atoms with Crippen molar-refractivity contribution in [1.82, 2.24) is 0 Å². The molecule has 1 fully saturated rings. The van der Waals surface area contributed by atoms with Gasteiger partial charge in [0, 0.05) is 29.3 Å². The molecule has 0 radical (unpaired) electrons. The van der Waals surface area contributed by atoms with Gasteiger partial charge >= 0.3 is 0 Å². The number of rotatable bonds is 4. The summed E-state index contributed by atoms with van der Waals surface area (Å²) in [6.07, 6.45) is 4.80. The van der Waals surface area contributed by atoms with Gasteiger partial charge in [0.15, 0.2) is 0 Å². The van der Waals surface area contributed by atoms with E-state index in [9.17, 15) is 0 Å². The van der Waals surface area contributed by atoms with Gasteiger partial charge in [0.05, 0.1) is 0 Å². The van der Waals surface area contributed by atoms with Crippen LogP contribution < -0.4 is 10.6 Å². The van der Waals surface area contributed by atoms with Gasteiger partial charge in [-0.3, -0.25) is 0 Å². The summed E-state index contributed by atoms with van der Waals surface area (Å²) in [4.78, 5) is 2.54. The van der Waals surface area contributed by atoms with Gasteiger partial charge in [0.2, 0.25) is 0 Å². The first kappa shape index (κ1) is 15.8. The highest BCUT2D eigenvalue weighted by molar-refractivity contribution is 9.10. The van der Waals surface area contributed by atoms with Crippen LogP contribution in [-0.4, -0.2) is 19.1 Å². The van der Waals surface area contributed by atoms with Gasteiger partial charge in [-0.2, -0.15) is 0 Å². The van der Waals surface area contributed by atoms with Crippen molar-refractivity contribution in [2.75, 3.05) is 18.0 Å². The summed E-state index contributed by atoms with van der Waals surface area (Å²) in [5, 5.41) is 0. The molecule has 1 atom stereocenters. The summed E-state index contributed by atoms with van der Waals surface area (Å²) in [6.45, 7) is 9.14. The molecule has 2 rings (SSSR count). The number of benzene rings is 1. The summed E-state index contributed by atoms with van der Waals surface area (Å²) in [7, 11) is 0. The quantitative estimate of drug-likeness (QED) is 0.883. The maximum atomic E-state index is 6.00. The molecule has 3 heteroatoms. The van der Waals surface area contributed by atoms with Crippen LogP contribution in [0.4, 0.5) is 5.69 Å². The van der Waals surface area contributed by atoms with Crippen LogP contribution in [0.1, 0.15) is 45.6 Å². The van der Waals surface area contributed by atoms with E-state index in [4.69, 9.17) is 5.73 Å². The van der Waals surface area contributed by atoms with Crippen molar-refractivity contribution in [3.63, 3.8) is 0 Å². The van der Waals surface area contributed by atoms with Crippen molar-refractivity contribution < 1.29 is 0 Å². The molecule has 2 nitrogen and oxygen atoms in total. The summed E-state index contributed by atoms with van der Waals surface area (Å²) >= 11 is 3.61. The van der Waals surface area contributed by atoms with Crippen LogP contribution >= 0.6 is 15.9 Å². The Balaban J connectivity index is 2.18. The van der Waals surface area contributed by atoms with Crippen LogP contribution in [0.25, 0.3) is 0 Å². The average molecular weight is 339 g/mol. The second kappa shape index (κ2) is 6.48. The Kier molecular flexibility index (Phi) is 5.14. The summed E-state index contributed by atoms with van der Waals surface area (Å²) < 4.78 is 1.16. The fraction of sp³-hybridized carbons (Fsp3) is 0.647. The van der Waals surface area contributed by atoms with Gasteiger partial charge in [0.25, 0.3) is 0 Å². The normalized spacial score (nSPS) is 19.9. The molecule has 112 valence electrons. The van der Waals surface area contributed by atoms with Gasteiger partial charge in [0.1, 0.15) is 0 Å².